The van der Waals surface area contributed by atoms with E-state index in [0.717, 1.165) is 13.0 Å². The molecule has 0 aliphatic rings. The fourth-order valence-corrected chi connectivity index (χ4v) is 2.71. The molecule has 0 saturated heterocycles. The third kappa shape index (κ3) is 6.22. The lowest BCUT2D eigenvalue weighted by molar-refractivity contribution is 0.239. The Morgan fingerprint density at radius 3 is 2.05 bits per heavy atom. The maximum absolute atomic E-state index is 6.25. The molecular formula is C17H30N2. The molecule has 1 atom stereocenters. The van der Waals surface area contributed by atoms with Gasteiger partial charge in [0.2, 0.25) is 0 Å². The first-order valence-electron chi connectivity index (χ1n) is 7.16. The molecule has 1 rings (SSSR count). The summed E-state index contributed by atoms with van der Waals surface area (Å²) < 4.78 is 0. The van der Waals surface area contributed by atoms with E-state index in [1.54, 1.807) is 0 Å². The van der Waals surface area contributed by atoms with Crippen molar-refractivity contribution in [1.82, 2.24) is 5.32 Å². The first kappa shape index (κ1) is 16.2. The second kappa shape index (κ2) is 6.06. The summed E-state index contributed by atoms with van der Waals surface area (Å²) in [6, 6.07) is 8.54. The zero-order valence-electron chi connectivity index (χ0n) is 13.4. The first-order chi connectivity index (χ1) is 8.59. The molecule has 3 N–H and O–H groups in total. The normalized spacial score (nSPS) is 14.5. The maximum atomic E-state index is 6.25. The fraction of sp³-hybridized carbons (Fsp3) is 0.647. The summed E-state index contributed by atoms with van der Waals surface area (Å²) in [5.41, 5.74) is 9.16. The van der Waals surface area contributed by atoms with Gasteiger partial charge in [-0.15, -0.1) is 0 Å². The van der Waals surface area contributed by atoms with E-state index in [0.29, 0.717) is 5.41 Å². The number of benzene rings is 1. The van der Waals surface area contributed by atoms with Crippen molar-refractivity contribution in [2.24, 2.45) is 11.1 Å². The van der Waals surface area contributed by atoms with Crippen LogP contribution in [0.2, 0.25) is 0 Å². The Kier molecular flexibility index (Phi) is 5.17. The summed E-state index contributed by atoms with van der Waals surface area (Å²) in [6.45, 7) is 14.2. The summed E-state index contributed by atoms with van der Waals surface area (Å²) in [5, 5.41) is 3.60. The average molecular weight is 262 g/mol. The zero-order valence-corrected chi connectivity index (χ0v) is 13.4. The topological polar surface area (TPSA) is 38.0 Å². The van der Waals surface area contributed by atoms with E-state index in [-0.39, 0.29) is 11.6 Å². The van der Waals surface area contributed by atoms with Crippen LogP contribution >= 0.6 is 0 Å². The molecule has 0 amide bonds. The van der Waals surface area contributed by atoms with Crippen molar-refractivity contribution < 1.29 is 0 Å². The molecule has 0 aromatic heterocycles. The molecule has 0 aliphatic heterocycles. The second-order valence-corrected chi connectivity index (χ2v) is 7.52. The molecule has 0 fully saturated rings. The SMILES string of the molecule is Cc1ccc(C(N)CNC(C)(C)CC(C)(C)C)cc1. The van der Waals surface area contributed by atoms with Gasteiger partial charge in [0.1, 0.15) is 0 Å². The summed E-state index contributed by atoms with van der Waals surface area (Å²) in [6.07, 6.45) is 1.13. The molecule has 1 aromatic rings. The highest BCUT2D eigenvalue weighted by Gasteiger charge is 2.25. The number of hydrogen-bond acceptors (Lipinski definition) is 2. The molecule has 2 nitrogen and oxygen atoms in total. The standard InChI is InChI=1S/C17H30N2/c1-13-7-9-14(10-8-13)15(18)11-19-17(5,6)12-16(2,3)4/h7-10,15,19H,11-12,18H2,1-6H3. The highest BCUT2D eigenvalue weighted by atomic mass is 15.0. The van der Waals surface area contributed by atoms with Crippen LogP contribution in [0.1, 0.15) is 58.2 Å². The van der Waals surface area contributed by atoms with E-state index >= 15 is 0 Å². The van der Waals surface area contributed by atoms with Gasteiger partial charge in [0.15, 0.2) is 0 Å². The van der Waals surface area contributed by atoms with Gasteiger partial charge >= 0.3 is 0 Å². The van der Waals surface area contributed by atoms with Gasteiger partial charge in [-0.3, -0.25) is 0 Å². The molecule has 0 spiro atoms. The molecule has 0 saturated carbocycles. The lowest BCUT2D eigenvalue weighted by Crippen LogP contribution is -2.45. The quantitative estimate of drug-likeness (QED) is 0.847. The van der Waals surface area contributed by atoms with Crippen LogP contribution in [-0.2, 0) is 0 Å². The van der Waals surface area contributed by atoms with E-state index in [1.807, 2.05) is 0 Å². The number of hydrogen-bond donors (Lipinski definition) is 2. The highest BCUT2D eigenvalue weighted by molar-refractivity contribution is 5.24. The van der Waals surface area contributed by atoms with Crippen LogP contribution in [0.3, 0.4) is 0 Å². The summed E-state index contributed by atoms with van der Waals surface area (Å²) in [7, 11) is 0. The van der Waals surface area contributed by atoms with Crippen LogP contribution < -0.4 is 11.1 Å². The highest BCUT2D eigenvalue weighted by Crippen LogP contribution is 2.27. The Balaban J connectivity index is 2.54. The Bertz CT molecular complexity index is 385. The number of nitrogens with two attached hydrogens (primary N) is 1. The van der Waals surface area contributed by atoms with Gasteiger partial charge in [-0.25, -0.2) is 0 Å². The van der Waals surface area contributed by atoms with E-state index in [4.69, 9.17) is 5.73 Å². The van der Waals surface area contributed by atoms with Crippen molar-refractivity contribution in [2.75, 3.05) is 6.54 Å². The van der Waals surface area contributed by atoms with Crippen molar-refractivity contribution in [3.63, 3.8) is 0 Å². The zero-order chi connectivity index (χ0) is 14.7. The van der Waals surface area contributed by atoms with Crippen molar-refractivity contribution >= 4 is 0 Å². The average Bonchev–Trinajstić information content (AvgIpc) is 2.24. The van der Waals surface area contributed by atoms with Crippen LogP contribution in [0.15, 0.2) is 24.3 Å². The Morgan fingerprint density at radius 2 is 1.58 bits per heavy atom. The van der Waals surface area contributed by atoms with Gasteiger partial charge in [0.25, 0.3) is 0 Å². The minimum Gasteiger partial charge on any atom is -0.323 e. The summed E-state index contributed by atoms with van der Waals surface area (Å²) in [5.74, 6) is 0. The van der Waals surface area contributed by atoms with Crippen molar-refractivity contribution in [3.8, 4) is 0 Å². The monoisotopic (exact) mass is 262 g/mol. The first-order valence-corrected chi connectivity index (χ1v) is 7.16. The van der Waals surface area contributed by atoms with Crippen LogP contribution in [0, 0.1) is 12.3 Å². The predicted octanol–water partition coefficient (Wildman–Crippen LogP) is 3.80. The third-order valence-corrected chi connectivity index (χ3v) is 3.28. The van der Waals surface area contributed by atoms with E-state index in [2.05, 4.69) is 71.1 Å². The molecule has 0 heterocycles. The molecule has 1 aromatic carbocycles. The predicted molar refractivity (Wildman–Crippen MR) is 84.3 cm³/mol. The summed E-state index contributed by atoms with van der Waals surface area (Å²) in [4.78, 5) is 0. The smallest absolute Gasteiger partial charge is 0.0421 e. The van der Waals surface area contributed by atoms with Gasteiger partial charge in [-0.1, -0.05) is 50.6 Å². The molecule has 1 unspecified atom stereocenters. The third-order valence-electron chi connectivity index (χ3n) is 3.28. The molecule has 108 valence electrons. The molecule has 2 heteroatoms. The van der Waals surface area contributed by atoms with Gasteiger partial charge in [0.05, 0.1) is 0 Å². The van der Waals surface area contributed by atoms with Crippen LogP contribution in [0.4, 0.5) is 0 Å². The largest absolute Gasteiger partial charge is 0.323 e. The fourth-order valence-electron chi connectivity index (χ4n) is 2.71. The Labute approximate surface area is 118 Å². The van der Waals surface area contributed by atoms with Crippen LogP contribution in [0.5, 0.6) is 0 Å². The van der Waals surface area contributed by atoms with E-state index in [9.17, 15) is 0 Å². The number of aryl methyl sites for hydroxylation is 1. The Morgan fingerprint density at radius 1 is 1.05 bits per heavy atom. The molecule has 0 aliphatic carbocycles. The summed E-state index contributed by atoms with van der Waals surface area (Å²) >= 11 is 0. The number of rotatable bonds is 5. The lowest BCUT2D eigenvalue weighted by Gasteiger charge is -2.34. The maximum Gasteiger partial charge on any atom is 0.0421 e. The minimum absolute atomic E-state index is 0.0554. The van der Waals surface area contributed by atoms with Crippen molar-refractivity contribution in [3.05, 3.63) is 35.4 Å². The van der Waals surface area contributed by atoms with Gasteiger partial charge in [-0.2, -0.15) is 0 Å². The van der Waals surface area contributed by atoms with Gasteiger partial charge in [0, 0.05) is 18.1 Å². The molecule has 0 radical (unpaired) electrons. The molecule has 19 heavy (non-hydrogen) atoms. The van der Waals surface area contributed by atoms with Gasteiger partial charge < -0.3 is 11.1 Å². The number of nitrogens with one attached hydrogen (secondary N) is 1. The lowest BCUT2D eigenvalue weighted by atomic mass is 9.81. The van der Waals surface area contributed by atoms with Crippen molar-refractivity contribution in [1.29, 1.82) is 0 Å². The van der Waals surface area contributed by atoms with E-state index < -0.39 is 0 Å². The van der Waals surface area contributed by atoms with E-state index in [1.165, 1.54) is 11.1 Å². The Hall–Kier alpha value is -0.860. The second-order valence-electron chi connectivity index (χ2n) is 7.52. The van der Waals surface area contributed by atoms with Crippen molar-refractivity contribution in [2.45, 2.75) is 59.5 Å². The van der Waals surface area contributed by atoms with Crippen LogP contribution in [-0.4, -0.2) is 12.1 Å². The molecular weight excluding hydrogens is 232 g/mol. The minimum atomic E-state index is 0.0554. The van der Waals surface area contributed by atoms with Gasteiger partial charge in [-0.05, 0) is 38.2 Å². The molecule has 0 bridgehead atoms. The van der Waals surface area contributed by atoms with Crippen LogP contribution in [0.25, 0.3) is 0 Å².